The molecule has 2 aromatic heterocycles. The fraction of sp³-hybridized carbons (Fsp3) is 0.417. The first kappa shape index (κ1) is 13.1. The number of amides is 1. The lowest BCUT2D eigenvalue weighted by Gasteiger charge is -2.10. The lowest BCUT2D eigenvalue weighted by molar-refractivity contribution is 0.0827. The second-order valence-corrected chi connectivity index (χ2v) is 5.16. The van der Waals surface area contributed by atoms with Crippen molar-refractivity contribution in [2.45, 2.75) is 19.1 Å². The number of carbonyl (C=O) groups is 1. The molecule has 1 N–H and O–H groups in total. The van der Waals surface area contributed by atoms with Gasteiger partial charge in [-0.3, -0.25) is 0 Å². The largest absolute Gasteiger partial charge is 0.444 e. The van der Waals surface area contributed by atoms with E-state index in [4.69, 9.17) is 9.47 Å². The SMILES string of the molecule is O=C(NCc1cn(-c2ccsc2)nn1)OC1CCOC1. The third-order valence-corrected chi connectivity index (χ3v) is 3.56. The van der Waals surface area contributed by atoms with Crippen LogP contribution in [0.25, 0.3) is 5.69 Å². The van der Waals surface area contributed by atoms with Gasteiger partial charge in [0.15, 0.2) is 0 Å². The van der Waals surface area contributed by atoms with Crippen molar-refractivity contribution in [1.29, 1.82) is 0 Å². The van der Waals surface area contributed by atoms with Crippen molar-refractivity contribution in [2.24, 2.45) is 0 Å². The van der Waals surface area contributed by atoms with Crippen molar-refractivity contribution < 1.29 is 14.3 Å². The van der Waals surface area contributed by atoms with E-state index in [0.717, 1.165) is 12.1 Å². The summed E-state index contributed by atoms with van der Waals surface area (Å²) in [5, 5.41) is 14.6. The zero-order chi connectivity index (χ0) is 13.8. The summed E-state index contributed by atoms with van der Waals surface area (Å²) in [6, 6.07) is 1.95. The summed E-state index contributed by atoms with van der Waals surface area (Å²) in [6.07, 6.45) is 1.94. The Bertz CT molecular complexity index is 563. The fourth-order valence-electron chi connectivity index (χ4n) is 1.85. The molecule has 106 valence electrons. The van der Waals surface area contributed by atoms with E-state index in [1.54, 1.807) is 22.2 Å². The first-order chi connectivity index (χ1) is 9.81. The Hall–Kier alpha value is -1.93. The maximum atomic E-state index is 11.6. The van der Waals surface area contributed by atoms with E-state index in [1.807, 2.05) is 16.8 Å². The number of alkyl carbamates (subject to hydrolysis) is 1. The minimum absolute atomic E-state index is 0.142. The quantitative estimate of drug-likeness (QED) is 0.920. The molecule has 1 unspecified atom stereocenters. The molecule has 0 aliphatic carbocycles. The highest BCUT2D eigenvalue weighted by Gasteiger charge is 2.19. The topological polar surface area (TPSA) is 78.3 Å². The maximum Gasteiger partial charge on any atom is 0.407 e. The van der Waals surface area contributed by atoms with Gasteiger partial charge >= 0.3 is 6.09 Å². The zero-order valence-electron chi connectivity index (χ0n) is 10.7. The summed E-state index contributed by atoms with van der Waals surface area (Å²) in [6.45, 7) is 1.41. The van der Waals surface area contributed by atoms with E-state index in [9.17, 15) is 4.79 Å². The van der Waals surface area contributed by atoms with Crippen LogP contribution in [0, 0.1) is 0 Å². The first-order valence-corrected chi connectivity index (χ1v) is 7.21. The Balaban J connectivity index is 1.49. The lowest BCUT2D eigenvalue weighted by atomic mass is 10.3. The molecule has 3 rings (SSSR count). The summed E-state index contributed by atoms with van der Waals surface area (Å²) >= 11 is 1.59. The van der Waals surface area contributed by atoms with Crippen molar-refractivity contribution in [3.63, 3.8) is 0 Å². The molecule has 1 aliphatic rings. The predicted molar refractivity (Wildman–Crippen MR) is 71.8 cm³/mol. The van der Waals surface area contributed by atoms with Crippen molar-refractivity contribution >= 4 is 17.4 Å². The lowest BCUT2D eigenvalue weighted by Crippen LogP contribution is -2.28. The van der Waals surface area contributed by atoms with Crippen molar-refractivity contribution in [2.75, 3.05) is 13.2 Å². The molecule has 2 aromatic rings. The van der Waals surface area contributed by atoms with Gasteiger partial charge < -0.3 is 14.8 Å². The first-order valence-electron chi connectivity index (χ1n) is 6.27. The third kappa shape index (κ3) is 3.14. The van der Waals surface area contributed by atoms with Gasteiger partial charge in [-0.05, 0) is 11.4 Å². The number of aromatic nitrogens is 3. The minimum Gasteiger partial charge on any atom is -0.444 e. The van der Waals surface area contributed by atoms with Crippen LogP contribution in [-0.2, 0) is 16.0 Å². The van der Waals surface area contributed by atoms with Crippen LogP contribution in [0.15, 0.2) is 23.0 Å². The van der Waals surface area contributed by atoms with E-state index in [2.05, 4.69) is 15.6 Å². The summed E-state index contributed by atoms with van der Waals surface area (Å²) < 4.78 is 12.0. The molecule has 1 saturated heterocycles. The second kappa shape index (κ2) is 6.02. The maximum absolute atomic E-state index is 11.6. The van der Waals surface area contributed by atoms with Gasteiger partial charge in [0.25, 0.3) is 0 Å². The van der Waals surface area contributed by atoms with Gasteiger partial charge in [-0.2, -0.15) is 11.3 Å². The van der Waals surface area contributed by atoms with Gasteiger partial charge in [-0.15, -0.1) is 5.10 Å². The van der Waals surface area contributed by atoms with E-state index < -0.39 is 6.09 Å². The molecule has 0 bridgehead atoms. The summed E-state index contributed by atoms with van der Waals surface area (Å²) in [4.78, 5) is 11.6. The van der Waals surface area contributed by atoms with Crippen molar-refractivity contribution in [3.8, 4) is 5.69 Å². The number of ether oxygens (including phenoxy) is 2. The van der Waals surface area contributed by atoms with Crippen LogP contribution in [-0.4, -0.2) is 40.4 Å². The van der Waals surface area contributed by atoms with Crippen LogP contribution in [0.3, 0.4) is 0 Å². The highest BCUT2D eigenvalue weighted by atomic mass is 32.1. The summed E-state index contributed by atoms with van der Waals surface area (Å²) in [5.74, 6) is 0. The molecule has 0 spiro atoms. The molecule has 7 nitrogen and oxygen atoms in total. The van der Waals surface area contributed by atoms with Crippen LogP contribution in [0.5, 0.6) is 0 Å². The van der Waals surface area contributed by atoms with Gasteiger partial charge in [0.2, 0.25) is 0 Å². The van der Waals surface area contributed by atoms with Gasteiger partial charge in [-0.25, -0.2) is 9.48 Å². The Morgan fingerprint density at radius 2 is 2.60 bits per heavy atom. The molecule has 8 heteroatoms. The molecule has 1 aliphatic heterocycles. The minimum atomic E-state index is -0.453. The number of nitrogens with one attached hydrogen (secondary N) is 1. The van der Waals surface area contributed by atoms with Crippen LogP contribution in [0.4, 0.5) is 4.79 Å². The predicted octanol–water partition coefficient (Wildman–Crippen LogP) is 1.34. The van der Waals surface area contributed by atoms with Gasteiger partial charge in [-0.1, -0.05) is 5.21 Å². The number of thiophene rings is 1. The number of hydrogen-bond donors (Lipinski definition) is 1. The highest BCUT2D eigenvalue weighted by Crippen LogP contribution is 2.11. The van der Waals surface area contributed by atoms with E-state index in [-0.39, 0.29) is 12.6 Å². The number of carbonyl (C=O) groups excluding carboxylic acids is 1. The molecule has 1 atom stereocenters. The summed E-state index contributed by atoms with van der Waals surface area (Å²) in [7, 11) is 0. The second-order valence-electron chi connectivity index (χ2n) is 4.38. The van der Waals surface area contributed by atoms with Crippen LogP contribution in [0.2, 0.25) is 0 Å². The number of rotatable bonds is 4. The monoisotopic (exact) mass is 294 g/mol. The third-order valence-electron chi connectivity index (χ3n) is 2.89. The molecule has 0 saturated carbocycles. The number of nitrogens with zero attached hydrogens (tertiary/aromatic N) is 3. The Morgan fingerprint density at radius 3 is 3.35 bits per heavy atom. The average molecular weight is 294 g/mol. The van der Waals surface area contributed by atoms with Gasteiger partial charge in [0, 0.05) is 11.8 Å². The molecule has 1 fully saturated rings. The fourth-order valence-corrected chi connectivity index (χ4v) is 2.48. The summed E-state index contributed by atoms with van der Waals surface area (Å²) in [5.41, 5.74) is 1.63. The van der Waals surface area contributed by atoms with Crippen LogP contribution < -0.4 is 5.32 Å². The van der Waals surface area contributed by atoms with E-state index >= 15 is 0 Å². The van der Waals surface area contributed by atoms with Crippen LogP contribution >= 0.6 is 11.3 Å². The Morgan fingerprint density at radius 1 is 1.65 bits per heavy atom. The Labute approximate surface area is 119 Å². The molecule has 0 radical (unpaired) electrons. The van der Waals surface area contributed by atoms with Gasteiger partial charge in [0.1, 0.15) is 11.8 Å². The molecule has 0 aromatic carbocycles. The van der Waals surface area contributed by atoms with E-state index in [1.165, 1.54) is 0 Å². The zero-order valence-corrected chi connectivity index (χ0v) is 11.5. The van der Waals surface area contributed by atoms with Crippen LogP contribution in [0.1, 0.15) is 12.1 Å². The Kier molecular flexibility index (Phi) is 3.93. The van der Waals surface area contributed by atoms with Crippen molar-refractivity contribution in [3.05, 3.63) is 28.7 Å². The normalized spacial score (nSPS) is 18.1. The number of hydrogen-bond acceptors (Lipinski definition) is 6. The smallest absolute Gasteiger partial charge is 0.407 e. The highest BCUT2D eigenvalue weighted by molar-refractivity contribution is 7.08. The average Bonchev–Trinajstić information content (AvgIpc) is 3.18. The molecule has 1 amide bonds. The standard InChI is InChI=1S/C12H14N4O3S/c17-12(19-11-1-3-18-7-11)13-5-9-6-16(15-14-9)10-2-4-20-8-10/h2,4,6,8,11H,1,3,5,7H2,(H,13,17). The van der Waals surface area contributed by atoms with Crippen molar-refractivity contribution in [1.82, 2.24) is 20.3 Å². The molecular weight excluding hydrogens is 280 g/mol. The molecular formula is C12H14N4O3S. The van der Waals surface area contributed by atoms with E-state index in [0.29, 0.717) is 18.9 Å². The molecule has 3 heterocycles. The molecule has 20 heavy (non-hydrogen) atoms. The van der Waals surface area contributed by atoms with Gasteiger partial charge in [0.05, 0.1) is 31.6 Å².